The molecule has 0 aliphatic heterocycles. The lowest BCUT2D eigenvalue weighted by atomic mass is 10.2. The summed E-state index contributed by atoms with van der Waals surface area (Å²) in [6.07, 6.45) is 19.2. The van der Waals surface area contributed by atoms with Crippen LogP contribution in [0.5, 0.6) is 0 Å². The molecule has 0 bridgehead atoms. The van der Waals surface area contributed by atoms with Gasteiger partial charge >= 0.3 is 0 Å². The van der Waals surface area contributed by atoms with Gasteiger partial charge in [-0.05, 0) is 39.3 Å². The Kier molecular flexibility index (Phi) is 10.6. The highest BCUT2D eigenvalue weighted by atomic mass is 16.3. The average Bonchev–Trinajstić information content (AvgIpc) is 2.43. The Morgan fingerprint density at radius 2 is 1.19 bits per heavy atom. The van der Waals surface area contributed by atoms with Gasteiger partial charge in [0.25, 0.3) is 0 Å². The molecule has 0 atom stereocenters. The number of aliphatic hydroxyl groups is 2. The van der Waals surface area contributed by atoms with Crippen molar-refractivity contribution in [3.05, 3.63) is 83.2 Å². The van der Waals surface area contributed by atoms with E-state index >= 15 is 0 Å². The van der Waals surface area contributed by atoms with Crippen LogP contribution >= 0.6 is 0 Å². The summed E-state index contributed by atoms with van der Waals surface area (Å²) in [5.74, 6) is 0.297. The van der Waals surface area contributed by atoms with Gasteiger partial charge in [-0.25, -0.2) is 0 Å². The topological polar surface area (TPSA) is 40.5 Å². The van der Waals surface area contributed by atoms with Crippen molar-refractivity contribution in [2.45, 2.75) is 27.7 Å². The first kappa shape index (κ1) is 18.9. The van der Waals surface area contributed by atoms with Crippen molar-refractivity contribution in [2.24, 2.45) is 0 Å². The fraction of sp³-hybridized carbons (Fsp3) is 0.263. The smallest absolute Gasteiger partial charge is 0.0891 e. The van der Waals surface area contributed by atoms with Crippen molar-refractivity contribution in [3.8, 4) is 0 Å². The van der Waals surface area contributed by atoms with Crippen molar-refractivity contribution in [2.75, 3.05) is 6.61 Å². The van der Waals surface area contributed by atoms with Gasteiger partial charge in [-0.1, -0.05) is 65.8 Å². The molecule has 0 aliphatic carbocycles. The van der Waals surface area contributed by atoms with E-state index < -0.39 is 0 Å². The molecule has 0 rings (SSSR count). The summed E-state index contributed by atoms with van der Waals surface area (Å²) in [7, 11) is 0. The molecule has 0 aromatic rings. The third-order valence-corrected chi connectivity index (χ3v) is 2.52. The Balaban J connectivity index is 4.45. The molecule has 0 saturated heterocycles. The van der Waals surface area contributed by atoms with Crippen LogP contribution in [0.15, 0.2) is 83.2 Å². The van der Waals surface area contributed by atoms with Gasteiger partial charge in [-0.2, -0.15) is 0 Å². The molecule has 114 valence electrons. The third kappa shape index (κ3) is 12.7. The van der Waals surface area contributed by atoms with E-state index in [4.69, 9.17) is 10.2 Å². The van der Waals surface area contributed by atoms with Crippen LogP contribution in [0.25, 0.3) is 0 Å². The first-order valence-corrected chi connectivity index (χ1v) is 6.96. The van der Waals surface area contributed by atoms with E-state index in [1.165, 1.54) is 0 Å². The number of aliphatic hydroxyl groups excluding tert-OH is 2. The van der Waals surface area contributed by atoms with Crippen LogP contribution in [-0.4, -0.2) is 16.8 Å². The lowest BCUT2D eigenvalue weighted by Gasteiger charge is -1.90. The summed E-state index contributed by atoms with van der Waals surface area (Å²) in [5, 5.41) is 17.9. The lowest BCUT2D eigenvalue weighted by molar-refractivity contribution is 0.331. The molecule has 0 aromatic carbocycles. The normalized spacial score (nSPS) is 15.9. The van der Waals surface area contributed by atoms with Crippen molar-refractivity contribution in [3.63, 3.8) is 0 Å². The summed E-state index contributed by atoms with van der Waals surface area (Å²) in [5.41, 5.74) is 3.17. The number of hydrogen-bond acceptors (Lipinski definition) is 2. The summed E-state index contributed by atoms with van der Waals surface area (Å²) < 4.78 is 0. The van der Waals surface area contributed by atoms with Crippen LogP contribution in [0.2, 0.25) is 0 Å². The first-order valence-electron chi connectivity index (χ1n) is 6.96. The minimum absolute atomic E-state index is 0.0928. The van der Waals surface area contributed by atoms with Crippen LogP contribution < -0.4 is 0 Å². The van der Waals surface area contributed by atoms with Crippen molar-refractivity contribution < 1.29 is 10.2 Å². The Hall–Kier alpha value is -2.06. The zero-order valence-corrected chi connectivity index (χ0v) is 13.4. The quantitative estimate of drug-likeness (QED) is 0.513. The number of rotatable bonds is 7. The van der Waals surface area contributed by atoms with Gasteiger partial charge < -0.3 is 10.2 Å². The van der Waals surface area contributed by atoms with Crippen LogP contribution in [0, 0.1) is 0 Å². The largest absolute Gasteiger partial charge is 0.513 e. The zero-order valence-electron chi connectivity index (χ0n) is 13.4. The van der Waals surface area contributed by atoms with Crippen LogP contribution in [0.3, 0.4) is 0 Å². The molecule has 2 nitrogen and oxygen atoms in total. The summed E-state index contributed by atoms with van der Waals surface area (Å²) >= 11 is 0. The van der Waals surface area contributed by atoms with Gasteiger partial charge in [0, 0.05) is 0 Å². The third-order valence-electron chi connectivity index (χ3n) is 2.52. The molecular weight excluding hydrogens is 260 g/mol. The van der Waals surface area contributed by atoms with Gasteiger partial charge in [0.1, 0.15) is 0 Å². The summed E-state index contributed by atoms with van der Waals surface area (Å²) in [6, 6.07) is 0. The van der Waals surface area contributed by atoms with E-state index in [-0.39, 0.29) is 6.61 Å². The second-order valence-corrected chi connectivity index (χ2v) is 4.90. The Morgan fingerprint density at radius 3 is 1.62 bits per heavy atom. The van der Waals surface area contributed by atoms with Crippen molar-refractivity contribution >= 4 is 0 Å². The average molecular weight is 286 g/mol. The molecule has 21 heavy (non-hydrogen) atoms. The van der Waals surface area contributed by atoms with Gasteiger partial charge in [0.2, 0.25) is 0 Å². The molecule has 0 spiro atoms. The highest BCUT2D eigenvalue weighted by Crippen LogP contribution is 2.00. The molecule has 2 N–H and O–H groups in total. The fourth-order valence-corrected chi connectivity index (χ4v) is 1.28. The van der Waals surface area contributed by atoms with Crippen LogP contribution in [0.1, 0.15) is 27.7 Å². The molecular formula is C19H26O2. The Morgan fingerprint density at radius 1 is 0.714 bits per heavy atom. The second-order valence-electron chi connectivity index (χ2n) is 4.90. The van der Waals surface area contributed by atoms with Crippen LogP contribution in [0.4, 0.5) is 0 Å². The standard InChI is InChI=1S/C19H26O2/c1-16(11-7-13-18(3)15-20)9-5-6-10-17(2)12-8-14-19(4)21/h5-14,20-21H,15H2,1-4H3/b6-5+,11-7+,12-8+,16-9+,17-10+,18-13+,19-14+. The van der Waals surface area contributed by atoms with E-state index in [1.54, 1.807) is 13.0 Å². The van der Waals surface area contributed by atoms with E-state index in [0.717, 1.165) is 16.7 Å². The van der Waals surface area contributed by atoms with Gasteiger partial charge in [0.15, 0.2) is 0 Å². The zero-order chi connectivity index (χ0) is 16.1. The second kappa shape index (κ2) is 11.7. The Labute approximate surface area is 128 Å². The van der Waals surface area contributed by atoms with E-state index in [2.05, 4.69) is 0 Å². The van der Waals surface area contributed by atoms with Gasteiger partial charge in [0.05, 0.1) is 12.4 Å². The highest BCUT2D eigenvalue weighted by molar-refractivity contribution is 5.29. The van der Waals surface area contributed by atoms with Crippen molar-refractivity contribution in [1.82, 2.24) is 0 Å². The minimum Gasteiger partial charge on any atom is -0.513 e. The molecule has 0 fully saturated rings. The van der Waals surface area contributed by atoms with Crippen molar-refractivity contribution in [1.29, 1.82) is 0 Å². The maximum absolute atomic E-state index is 9.01. The molecule has 0 heterocycles. The highest BCUT2D eigenvalue weighted by Gasteiger charge is 1.81. The number of hydrogen-bond donors (Lipinski definition) is 2. The summed E-state index contributed by atoms with van der Waals surface area (Å²) in [4.78, 5) is 0. The van der Waals surface area contributed by atoms with Crippen LogP contribution in [-0.2, 0) is 0 Å². The molecule has 0 aliphatic rings. The molecule has 0 amide bonds. The van der Waals surface area contributed by atoms with E-state index in [9.17, 15) is 0 Å². The maximum atomic E-state index is 9.01. The predicted octanol–water partition coefficient (Wildman–Crippen LogP) is 4.95. The molecule has 2 heteroatoms. The fourth-order valence-electron chi connectivity index (χ4n) is 1.28. The monoisotopic (exact) mass is 286 g/mol. The first-order chi connectivity index (χ1) is 9.95. The van der Waals surface area contributed by atoms with E-state index in [1.807, 2.05) is 75.5 Å². The predicted molar refractivity (Wildman–Crippen MR) is 92.2 cm³/mol. The van der Waals surface area contributed by atoms with Gasteiger partial charge in [-0.3, -0.25) is 0 Å². The molecule has 0 saturated carbocycles. The molecule has 0 radical (unpaired) electrons. The maximum Gasteiger partial charge on any atom is 0.0891 e. The van der Waals surface area contributed by atoms with Gasteiger partial charge in [-0.15, -0.1) is 0 Å². The molecule has 0 unspecified atom stereocenters. The Bertz CT molecular complexity index is 506. The van der Waals surface area contributed by atoms with E-state index in [0.29, 0.717) is 5.76 Å². The number of allylic oxidation sites excluding steroid dienone is 13. The SMILES string of the molecule is C\C(O)=C/C=C/C(C)=C/C=C/C=C(C)/C=C/C=C(\C)CO. The summed E-state index contributed by atoms with van der Waals surface area (Å²) in [6.45, 7) is 7.64. The lowest BCUT2D eigenvalue weighted by Crippen LogP contribution is -1.81. The molecule has 0 aromatic heterocycles. The minimum atomic E-state index is 0.0928.